The van der Waals surface area contributed by atoms with Crippen LogP contribution in [0.3, 0.4) is 0 Å². The van der Waals surface area contributed by atoms with Crippen molar-refractivity contribution in [3.05, 3.63) is 100 Å². The van der Waals surface area contributed by atoms with Crippen molar-refractivity contribution in [2.24, 2.45) is 0 Å². The van der Waals surface area contributed by atoms with Gasteiger partial charge in [-0.25, -0.2) is 4.39 Å². The largest absolute Gasteiger partial charge is 0.489 e. The third kappa shape index (κ3) is 6.87. The van der Waals surface area contributed by atoms with Crippen molar-refractivity contribution in [2.45, 2.75) is 19.6 Å². The van der Waals surface area contributed by atoms with Gasteiger partial charge in [0.05, 0.1) is 0 Å². The monoisotopic (exact) mass is 405 g/mol. The van der Waals surface area contributed by atoms with Gasteiger partial charge in [0.1, 0.15) is 18.2 Å². The molecule has 0 bridgehead atoms. The average molecular weight is 406 g/mol. The first-order valence-electron chi connectivity index (χ1n) is 8.61. The predicted molar refractivity (Wildman–Crippen MR) is 111 cm³/mol. The van der Waals surface area contributed by atoms with E-state index in [0.29, 0.717) is 18.2 Å². The van der Waals surface area contributed by atoms with Gasteiger partial charge in [0.25, 0.3) is 0 Å². The first-order valence-corrected chi connectivity index (χ1v) is 8.99. The Labute approximate surface area is 170 Å². The van der Waals surface area contributed by atoms with Gasteiger partial charge in [0.15, 0.2) is 0 Å². The van der Waals surface area contributed by atoms with Crippen LogP contribution in [-0.2, 0) is 19.6 Å². The number of benzene rings is 3. The van der Waals surface area contributed by atoms with Gasteiger partial charge in [-0.1, -0.05) is 54.1 Å². The zero-order valence-electron chi connectivity index (χ0n) is 14.8. The number of rotatable bonds is 8. The summed E-state index contributed by atoms with van der Waals surface area (Å²) in [6.45, 7) is 1.97. The Morgan fingerprint density at radius 3 is 2.37 bits per heavy atom. The highest BCUT2D eigenvalue weighted by Gasteiger charge is 2.06. The van der Waals surface area contributed by atoms with Crippen molar-refractivity contribution in [3.8, 4) is 5.75 Å². The van der Waals surface area contributed by atoms with Crippen LogP contribution in [0, 0.1) is 5.82 Å². The van der Waals surface area contributed by atoms with E-state index < -0.39 is 0 Å². The third-order valence-corrected chi connectivity index (χ3v) is 4.31. The number of ether oxygens (including phenoxy) is 1. The number of hydrogen-bond acceptors (Lipinski definition) is 2. The van der Waals surface area contributed by atoms with E-state index in [1.54, 1.807) is 0 Å². The Bertz CT molecular complexity index is 825. The highest BCUT2D eigenvalue weighted by atomic mass is 35.5. The first-order chi connectivity index (χ1) is 12.7. The van der Waals surface area contributed by atoms with E-state index in [9.17, 15) is 4.39 Å². The summed E-state index contributed by atoms with van der Waals surface area (Å²) in [6.07, 6.45) is 0.834. The number of nitrogens with one attached hydrogen (secondary N) is 1. The Morgan fingerprint density at radius 2 is 1.63 bits per heavy atom. The maximum absolute atomic E-state index is 12.9. The van der Waals surface area contributed by atoms with Crippen LogP contribution >= 0.6 is 24.0 Å². The lowest BCUT2D eigenvalue weighted by atomic mass is 10.1. The molecule has 0 aliphatic rings. The van der Waals surface area contributed by atoms with Crippen molar-refractivity contribution in [1.29, 1.82) is 0 Å². The molecular weight excluding hydrogens is 384 g/mol. The number of hydrogen-bond donors (Lipinski definition) is 1. The van der Waals surface area contributed by atoms with Crippen molar-refractivity contribution >= 4 is 24.0 Å². The fraction of sp³-hybridized carbons (Fsp3) is 0.182. The summed E-state index contributed by atoms with van der Waals surface area (Å²) < 4.78 is 18.9. The van der Waals surface area contributed by atoms with Crippen LogP contribution in [-0.4, -0.2) is 6.54 Å². The van der Waals surface area contributed by atoms with E-state index >= 15 is 0 Å². The Hall–Kier alpha value is -2.07. The summed E-state index contributed by atoms with van der Waals surface area (Å²) in [7, 11) is 0. The minimum Gasteiger partial charge on any atom is -0.489 e. The zero-order chi connectivity index (χ0) is 18.2. The minimum absolute atomic E-state index is 0. The van der Waals surface area contributed by atoms with Crippen LogP contribution in [0.2, 0.25) is 5.02 Å². The maximum atomic E-state index is 12.9. The van der Waals surface area contributed by atoms with Crippen LogP contribution in [0.5, 0.6) is 5.75 Å². The molecule has 3 aromatic carbocycles. The molecule has 0 heterocycles. The molecular formula is C22H22Cl2FNO. The van der Waals surface area contributed by atoms with Gasteiger partial charge in [0.2, 0.25) is 0 Å². The summed E-state index contributed by atoms with van der Waals surface area (Å²) in [4.78, 5) is 0. The molecule has 0 aliphatic heterocycles. The lowest BCUT2D eigenvalue weighted by Crippen LogP contribution is -2.17. The lowest BCUT2D eigenvalue weighted by molar-refractivity contribution is 0.302. The van der Waals surface area contributed by atoms with Gasteiger partial charge in [-0.15, -0.1) is 12.4 Å². The second-order valence-electron chi connectivity index (χ2n) is 6.08. The van der Waals surface area contributed by atoms with E-state index in [2.05, 4.69) is 5.32 Å². The van der Waals surface area contributed by atoms with E-state index in [-0.39, 0.29) is 18.2 Å². The van der Waals surface area contributed by atoms with E-state index in [1.807, 2.05) is 60.7 Å². The first kappa shape index (κ1) is 21.2. The fourth-order valence-corrected chi connectivity index (χ4v) is 2.86. The summed E-state index contributed by atoms with van der Waals surface area (Å²) >= 11 is 6.14. The summed E-state index contributed by atoms with van der Waals surface area (Å²) in [5.74, 6) is 0.619. The molecule has 0 atom stereocenters. The van der Waals surface area contributed by atoms with E-state index in [4.69, 9.17) is 16.3 Å². The maximum Gasteiger partial charge on any atom is 0.124 e. The molecule has 142 valence electrons. The topological polar surface area (TPSA) is 21.3 Å². The van der Waals surface area contributed by atoms with Crippen LogP contribution in [0.4, 0.5) is 4.39 Å². The Morgan fingerprint density at radius 1 is 0.889 bits per heavy atom. The highest BCUT2D eigenvalue weighted by molar-refractivity contribution is 6.30. The molecule has 0 saturated carbocycles. The molecule has 0 spiro atoms. The molecule has 0 unspecified atom stereocenters. The van der Waals surface area contributed by atoms with Crippen molar-refractivity contribution in [1.82, 2.24) is 5.32 Å². The van der Waals surface area contributed by atoms with Gasteiger partial charge in [0, 0.05) is 17.1 Å². The molecule has 3 aromatic rings. The normalized spacial score (nSPS) is 10.3. The van der Waals surface area contributed by atoms with Gasteiger partial charge in [-0.2, -0.15) is 0 Å². The van der Waals surface area contributed by atoms with Gasteiger partial charge >= 0.3 is 0 Å². The molecule has 3 rings (SSSR count). The molecule has 0 aliphatic carbocycles. The molecule has 1 N–H and O–H groups in total. The molecule has 0 fully saturated rings. The molecule has 27 heavy (non-hydrogen) atoms. The van der Waals surface area contributed by atoms with Crippen LogP contribution in [0.15, 0.2) is 72.8 Å². The van der Waals surface area contributed by atoms with Crippen molar-refractivity contribution in [3.63, 3.8) is 0 Å². The van der Waals surface area contributed by atoms with Gasteiger partial charge in [-0.3, -0.25) is 0 Å². The second-order valence-corrected chi connectivity index (χ2v) is 6.52. The van der Waals surface area contributed by atoms with Crippen LogP contribution < -0.4 is 10.1 Å². The van der Waals surface area contributed by atoms with Gasteiger partial charge < -0.3 is 10.1 Å². The second kappa shape index (κ2) is 10.9. The SMILES string of the molecule is Cl.Fc1ccc(CCNCc2cc(Cl)ccc2OCc2ccccc2)cc1. The minimum atomic E-state index is -0.208. The third-order valence-electron chi connectivity index (χ3n) is 4.08. The lowest BCUT2D eigenvalue weighted by Gasteiger charge is -2.13. The van der Waals surface area contributed by atoms with Crippen molar-refractivity contribution in [2.75, 3.05) is 6.54 Å². The Kier molecular flexibility index (Phi) is 8.59. The number of halogens is 3. The molecule has 2 nitrogen and oxygen atoms in total. The molecule has 0 amide bonds. The molecule has 0 radical (unpaired) electrons. The molecule has 0 saturated heterocycles. The fourth-order valence-electron chi connectivity index (χ4n) is 2.67. The van der Waals surface area contributed by atoms with Crippen molar-refractivity contribution < 1.29 is 9.13 Å². The predicted octanol–water partition coefficient (Wildman–Crippen LogP) is 5.81. The molecule has 0 aromatic heterocycles. The zero-order valence-corrected chi connectivity index (χ0v) is 16.4. The highest BCUT2D eigenvalue weighted by Crippen LogP contribution is 2.24. The summed E-state index contributed by atoms with van der Waals surface area (Å²) in [5, 5.41) is 4.09. The summed E-state index contributed by atoms with van der Waals surface area (Å²) in [6, 6.07) is 22.3. The smallest absolute Gasteiger partial charge is 0.124 e. The van der Waals surface area contributed by atoms with Crippen LogP contribution in [0.1, 0.15) is 16.7 Å². The standard InChI is InChI=1S/C22H21ClFNO.ClH/c23-20-8-11-22(26-16-18-4-2-1-3-5-18)19(14-20)15-25-13-12-17-6-9-21(24)10-7-17;/h1-11,14,25H,12-13,15-16H2;1H. The quantitative estimate of drug-likeness (QED) is 0.477. The van der Waals surface area contributed by atoms with Crippen LogP contribution in [0.25, 0.3) is 0 Å². The summed E-state index contributed by atoms with van der Waals surface area (Å²) in [5.41, 5.74) is 3.25. The molecule has 5 heteroatoms. The Balaban J connectivity index is 0.00000261. The van der Waals surface area contributed by atoms with Gasteiger partial charge in [-0.05, 0) is 54.4 Å². The van der Waals surface area contributed by atoms with E-state index in [1.165, 1.54) is 12.1 Å². The average Bonchev–Trinajstić information content (AvgIpc) is 2.67. The van der Waals surface area contributed by atoms with E-state index in [0.717, 1.165) is 35.4 Å².